The Bertz CT molecular complexity index is 699. The molecule has 4 rings (SSSR count). The molecule has 1 unspecified atom stereocenters. The summed E-state index contributed by atoms with van der Waals surface area (Å²) in [7, 11) is 0. The van der Waals surface area contributed by atoms with Gasteiger partial charge < -0.3 is 10.2 Å². The van der Waals surface area contributed by atoms with Crippen molar-refractivity contribution in [3.8, 4) is 0 Å². The lowest BCUT2D eigenvalue weighted by Gasteiger charge is -2.36. The minimum atomic E-state index is 0.687. The van der Waals surface area contributed by atoms with Gasteiger partial charge in [0.05, 0.1) is 30.7 Å². The van der Waals surface area contributed by atoms with Gasteiger partial charge in [0.1, 0.15) is 5.82 Å². The summed E-state index contributed by atoms with van der Waals surface area (Å²) in [5, 5.41) is 8.03. The Morgan fingerprint density at radius 1 is 1.19 bits per heavy atom. The Balaban J connectivity index is 1.31. The lowest BCUT2D eigenvalue weighted by Crippen LogP contribution is -2.43. The van der Waals surface area contributed by atoms with Crippen molar-refractivity contribution in [1.29, 1.82) is 0 Å². The average molecular weight is 355 g/mol. The van der Waals surface area contributed by atoms with Crippen molar-refractivity contribution in [2.45, 2.75) is 39.4 Å². The Labute approximate surface area is 155 Å². The van der Waals surface area contributed by atoms with E-state index in [-0.39, 0.29) is 0 Å². The van der Waals surface area contributed by atoms with Gasteiger partial charge in [-0.3, -0.25) is 14.6 Å². The van der Waals surface area contributed by atoms with E-state index in [9.17, 15) is 0 Å². The number of piperidine rings is 1. The summed E-state index contributed by atoms with van der Waals surface area (Å²) >= 11 is 0. The van der Waals surface area contributed by atoms with Gasteiger partial charge in [-0.15, -0.1) is 0 Å². The minimum absolute atomic E-state index is 0.687. The maximum absolute atomic E-state index is 4.74. The van der Waals surface area contributed by atoms with Crippen LogP contribution >= 0.6 is 0 Å². The van der Waals surface area contributed by atoms with Crippen molar-refractivity contribution >= 4 is 5.82 Å². The first kappa shape index (κ1) is 17.4. The van der Waals surface area contributed by atoms with Crippen molar-refractivity contribution in [2.75, 3.05) is 38.0 Å². The third-order valence-electron chi connectivity index (χ3n) is 5.51. The highest BCUT2D eigenvalue weighted by Crippen LogP contribution is 2.21. The van der Waals surface area contributed by atoms with Crippen molar-refractivity contribution in [3.05, 3.63) is 36.0 Å². The number of hydrogen-bond donors (Lipinski definition) is 1. The molecule has 0 aromatic carbocycles. The topological polar surface area (TPSA) is 62.1 Å². The fourth-order valence-corrected chi connectivity index (χ4v) is 4.15. The molecule has 2 aliphatic heterocycles. The van der Waals surface area contributed by atoms with Crippen LogP contribution in [-0.4, -0.2) is 62.3 Å². The summed E-state index contributed by atoms with van der Waals surface area (Å²) < 4.78 is 2.17. The van der Waals surface area contributed by atoms with Gasteiger partial charge in [-0.1, -0.05) is 6.92 Å². The molecule has 7 nitrogen and oxygen atoms in total. The van der Waals surface area contributed by atoms with Crippen molar-refractivity contribution in [1.82, 2.24) is 29.5 Å². The molecule has 140 valence electrons. The molecule has 0 saturated carbocycles. The van der Waals surface area contributed by atoms with Crippen molar-refractivity contribution in [2.24, 2.45) is 5.92 Å². The quantitative estimate of drug-likeness (QED) is 0.853. The fourth-order valence-electron chi connectivity index (χ4n) is 4.15. The lowest BCUT2D eigenvalue weighted by atomic mass is 9.97. The zero-order valence-corrected chi connectivity index (χ0v) is 15.6. The Kier molecular flexibility index (Phi) is 5.45. The van der Waals surface area contributed by atoms with E-state index in [2.05, 4.69) is 42.8 Å². The molecule has 0 spiro atoms. The fraction of sp³-hybridized carbons (Fsp3) is 0.632. The van der Waals surface area contributed by atoms with Crippen molar-refractivity contribution < 1.29 is 0 Å². The van der Waals surface area contributed by atoms with Gasteiger partial charge in [-0.2, -0.15) is 5.10 Å². The standard InChI is InChI=1S/C19H29N7/c1-2-24-7-3-4-16(13-24)14-25-8-9-26-18(15-25)10-17(23-26)11-22-19-12-20-5-6-21-19/h5-6,10,12,16H,2-4,7-9,11,13-15H2,1H3,(H,21,22). The number of aromatic nitrogens is 4. The van der Waals surface area contributed by atoms with Crippen LogP contribution in [0.15, 0.2) is 24.7 Å². The molecule has 1 atom stereocenters. The predicted octanol–water partition coefficient (Wildman–Crippen LogP) is 1.83. The van der Waals surface area contributed by atoms with Crippen LogP contribution in [0.4, 0.5) is 5.82 Å². The highest BCUT2D eigenvalue weighted by Gasteiger charge is 2.24. The first-order valence-electron chi connectivity index (χ1n) is 9.80. The summed E-state index contributed by atoms with van der Waals surface area (Å²) in [5.41, 5.74) is 2.40. The summed E-state index contributed by atoms with van der Waals surface area (Å²) in [4.78, 5) is 13.5. The maximum Gasteiger partial charge on any atom is 0.144 e. The summed E-state index contributed by atoms with van der Waals surface area (Å²) in [6.07, 6.45) is 7.84. The van der Waals surface area contributed by atoms with Crippen molar-refractivity contribution in [3.63, 3.8) is 0 Å². The van der Waals surface area contributed by atoms with Crippen LogP contribution in [0.2, 0.25) is 0 Å². The maximum atomic E-state index is 4.74. The zero-order valence-electron chi connectivity index (χ0n) is 15.6. The van der Waals surface area contributed by atoms with E-state index in [1.807, 2.05) is 0 Å². The molecule has 0 radical (unpaired) electrons. The SMILES string of the molecule is CCN1CCCC(CN2CCn3nc(CNc4cnccn4)cc3C2)C1. The highest BCUT2D eigenvalue weighted by molar-refractivity contribution is 5.31. The summed E-state index contributed by atoms with van der Waals surface area (Å²) in [6, 6.07) is 2.23. The Morgan fingerprint density at radius 2 is 2.15 bits per heavy atom. The van der Waals surface area contributed by atoms with Gasteiger partial charge in [-0.05, 0) is 37.9 Å². The van der Waals surface area contributed by atoms with Crippen LogP contribution in [0.3, 0.4) is 0 Å². The number of anilines is 1. The number of rotatable bonds is 6. The van der Waals surface area contributed by atoms with Crippen LogP contribution < -0.4 is 5.32 Å². The first-order valence-corrected chi connectivity index (χ1v) is 9.80. The van der Waals surface area contributed by atoms with Crippen LogP contribution in [0, 0.1) is 5.92 Å². The number of nitrogens with one attached hydrogen (secondary N) is 1. The van der Waals surface area contributed by atoms with Gasteiger partial charge >= 0.3 is 0 Å². The molecular weight excluding hydrogens is 326 g/mol. The van der Waals surface area contributed by atoms with Crippen LogP contribution in [-0.2, 0) is 19.6 Å². The van der Waals surface area contributed by atoms with Gasteiger partial charge in [0, 0.05) is 38.6 Å². The van der Waals surface area contributed by atoms with Gasteiger partial charge in [0.25, 0.3) is 0 Å². The number of fused-ring (bicyclic) bond motifs is 1. The van der Waals surface area contributed by atoms with E-state index in [0.717, 1.165) is 37.1 Å². The molecule has 2 aromatic heterocycles. The second-order valence-electron chi connectivity index (χ2n) is 7.43. The third kappa shape index (κ3) is 4.22. The molecule has 2 aliphatic rings. The summed E-state index contributed by atoms with van der Waals surface area (Å²) in [5.74, 6) is 1.61. The number of nitrogens with zero attached hydrogens (tertiary/aromatic N) is 6. The smallest absolute Gasteiger partial charge is 0.144 e. The second-order valence-corrected chi connectivity index (χ2v) is 7.43. The summed E-state index contributed by atoms with van der Waals surface area (Å²) in [6.45, 7) is 11.0. The van der Waals surface area contributed by atoms with Crippen LogP contribution in [0.25, 0.3) is 0 Å². The monoisotopic (exact) mass is 355 g/mol. The van der Waals surface area contributed by atoms with E-state index >= 15 is 0 Å². The van der Waals surface area contributed by atoms with E-state index in [4.69, 9.17) is 5.10 Å². The molecule has 0 bridgehead atoms. The van der Waals surface area contributed by atoms with E-state index in [0.29, 0.717) is 6.54 Å². The molecule has 1 saturated heterocycles. The second kappa shape index (κ2) is 8.14. The molecular formula is C19H29N7. The van der Waals surface area contributed by atoms with Gasteiger partial charge in [-0.25, -0.2) is 4.98 Å². The first-order chi connectivity index (χ1) is 12.8. The molecule has 2 aromatic rings. The van der Waals surface area contributed by atoms with Crippen LogP contribution in [0.1, 0.15) is 31.2 Å². The third-order valence-corrected chi connectivity index (χ3v) is 5.51. The number of hydrogen-bond acceptors (Lipinski definition) is 6. The van der Waals surface area contributed by atoms with Gasteiger partial charge in [0.15, 0.2) is 0 Å². The van der Waals surface area contributed by atoms with E-state index < -0.39 is 0 Å². The molecule has 26 heavy (non-hydrogen) atoms. The molecule has 1 N–H and O–H groups in total. The zero-order chi connectivity index (χ0) is 17.8. The lowest BCUT2D eigenvalue weighted by molar-refractivity contribution is 0.120. The highest BCUT2D eigenvalue weighted by atomic mass is 15.3. The molecule has 0 aliphatic carbocycles. The van der Waals surface area contributed by atoms with Crippen LogP contribution in [0.5, 0.6) is 0 Å². The van der Waals surface area contributed by atoms with Gasteiger partial charge in [0.2, 0.25) is 0 Å². The molecule has 0 amide bonds. The molecule has 4 heterocycles. The minimum Gasteiger partial charge on any atom is -0.363 e. The molecule has 1 fully saturated rings. The van der Waals surface area contributed by atoms with E-state index in [1.54, 1.807) is 18.6 Å². The average Bonchev–Trinajstić information content (AvgIpc) is 3.09. The number of likely N-dealkylation sites (tertiary alicyclic amines) is 1. The predicted molar refractivity (Wildman–Crippen MR) is 102 cm³/mol. The largest absolute Gasteiger partial charge is 0.363 e. The Hall–Kier alpha value is -1.99. The normalized spacial score (nSPS) is 21.5. The molecule has 7 heteroatoms. The Morgan fingerprint density at radius 3 is 3.00 bits per heavy atom. The van der Waals surface area contributed by atoms with E-state index in [1.165, 1.54) is 44.7 Å².